The van der Waals surface area contributed by atoms with Crippen molar-refractivity contribution in [1.29, 1.82) is 0 Å². The van der Waals surface area contributed by atoms with Gasteiger partial charge in [-0.25, -0.2) is 5.57 Å². The first-order chi connectivity index (χ1) is 8.54. The molecule has 3 rings (SSSR count). The van der Waals surface area contributed by atoms with Crippen molar-refractivity contribution in [2.45, 2.75) is 33.6 Å². The Kier molecular flexibility index (Phi) is 3.77. The summed E-state index contributed by atoms with van der Waals surface area (Å²) in [5, 5.41) is 0. The standard InChI is InChI=1S/C18H19.Ti/c1-12-11-18(4,14(3)13(12)2)17-10-9-15-7-5-6-8-16(15)17;/h5-10,17H,1-4H3;/q-1;. The first-order valence-corrected chi connectivity index (χ1v) is 6.61. The Hall–Kier alpha value is -0.846. The van der Waals surface area contributed by atoms with Gasteiger partial charge in [-0.2, -0.15) is 11.1 Å². The Morgan fingerprint density at radius 3 is 2.42 bits per heavy atom. The number of rotatable bonds is 1. The van der Waals surface area contributed by atoms with Crippen molar-refractivity contribution in [3.8, 4) is 0 Å². The molecule has 0 spiro atoms. The van der Waals surface area contributed by atoms with Gasteiger partial charge >= 0.3 is 0 Å². The van der Waals surface area contributed by atoms with Crippen LogP contribution in [0.4, 0.5) is 0 Å². The minimum Gasteiger partial charge on any atom is -0.262 e. The maximum absolute atomic E-state index is 3.70. The molecule has 0 N–H and O–H groups in total. The first kappa shape index (κ1) is 14.6. The van der Waals surface area contributed by atoms with Crippen molar-refractivity contribution in [3.63, 3.8) is 0 Å². The minimum absolute atomic E-state index is 0. The van der Waals surface area contributed by atoms with Gasteiger partial charge in [0.25, 0.3) is 0 Å². The number of hydrogen-bond acceptors (Lipinski definition) is 0. The van der Waals surface area contributed by atoms with E-state index in [-0.39, 0.29) is 27.1 Å². The second-order valence-electron chi connectivity index (χ2n) is 5.67. The van der Waals surface area contributed by atoms with Gasteiger partial charge < -0.3 is 0 Å². The maximum atomic E-state index is 3.70. The molecule has 96 valence electrons. The van der Waals surface area contributed by atoms with E-state index in [4.69, 9.17) is 0 Å². The molecule has 0 nitrogen and oxygen atoms in total. The van der Waals surface area contributed by atoms with Crippen LogP contribution in [-0.4, -0.2) is 0 Å². The van der Waals surface area contributed by atoms with Crippen LogP contribution in [0.2, 0.25) is 0 Å². The Balaban J connectivity index is 0.00000133. The van der Waals surface area contributed by atoms with Gasteiger partial charge in [0.2, 0.25) is 0 Å². The molecule has 1 aromatic carbocycles. The molecular formula is C18H19Ti-. The van der Waals surface area contributed by atoms with Crippen molar-refractivity contribution in [3.05, 3.63) is 64.3 Å². The fourth-order valence-corrected chi connectivity index (χ4v) is 3.31. The smallest absolute Gasteiger partial charge is 0 e. The summed E-state index contributed by atoms with van der Waals surface area (Å²) in [6.07, 6.45) is 8.30. The zero-order chi connectivity index (χ0) is 12.9. The van der Waals surface area contributed by atoms with Crippen LogP contribution in [0.15, 0.2) is 47.1 Å². The number of benzene rings is 1. The summed E-state index contributed by atoms with van der Waals surface area (Å²) >= 11 is 0. The fraction of sp³-hybridized carbons (Fsp3) is 0.333. The number of allylic oxidation sites excluding steroid dienone is 5. The summed E-state index contributed by atoms with van der Waals surface area (Å²) in [7, 11) is 0. The van der Waals surface area contributed by atoms with Crippen LogP contribution in [0.3, 0.4) is 0 Å². The van der Waals surface area contributed by atoms with Gasteiger partial charge in [0.05, 0.1) is 0 Å². The van der Waals surface area contributed by atoms with Crippen molar-refractivity contribution < 1.29 is 21.7 Å². The number of hydrogen-bond donors (Lipinski definition) is 0. The molecule has 0 radical (unpaired) electrons. The van der Waals surface area contributed by atoms with E-state index in [0.717, 1.165) is 0 Å². The Bertz CT molecular complexity index is 604. The van der Waals surface area contributed by atoms with Crippen molar-refractivity contribution in [2.24, 2.45) is 5.41 Å². The normalized spacial score (nSPS) is 28.2. The molecule has 2 aliphatic rings. The van der Waals surface area contributed by atoms with Gasteiger partial charge in [0.15, 0.2) is 0 Å². The van der Waals surface area contributed by atoms with E-state index in [2.05, 4.69) is 70.2 Å². The molecule has 0 saturated carbocycles. The first-order valence-electron chi connectivity index (χ1n) is 6.61. The van der Waals surface area contributed by atoms with Gasteiger partial charge in [-0.3, -0.25) is 6.08 Å². The molecule has 0 amide bonds. The van der Waals surface area contributed by atoms with Gasteiger partial charge in [-0.15, -0.1) is 6.92 Å². The second-order valence-corrected chi connectivity index (χ2v) is 5.67. The van der Waals surface area contributed by atoms with E-state index < -0.39 is 0 Å². The zero-order valence-electron chi connectivity index (χ0n) is 12.0. The summed E-state index contributed by atoms with van der Waals surface area (Å²) in [6, 6.07) is 8.71. The molecule has 2 atom stereocenters. The molecule has 2 aliphatic carbocycles. The molecule has 1 aromatic rings. The monoisotopic (exact) mass is 283 g/mol. The molecule has 2 unspecified atom stereocenters. The summed E-state index contributed by atoms with van der Waals surface area (Å²) in [5.41, 5.74) is 7.02. The number of fused-ring (bicyclic) bond motifs is 1. The van der Waals surface area contributed by atoms with Crippen LogP contribution in [0.5, 0.6) is 0 Å². The topological polar surface area (TPSA) is 0 Å². The summed E-state index contributed by atoms with van der Waals surface area (Å²) in [4.78, 5) is 0. The van der Waals surface area contributed by atoms with E-state index in [0.29, 0.717) is 5.92 Å². The van der Waals surface area contributed by atoms with Gasteiger partial charge in [0, 0.05) is 21.7 Å². The third-order valence-corrected chi connectivity index (χ3v) is 4.77. The van der Waals surface area contributed by atoms with Crippen LogP contribution in [0, 0.1) is 11.5 Å². The van der Waals surface area contributed by atoms with E-state index in [1.165, 1.54) is 27.8 Å². The van der Waals surface area contributed by atoms with E-state index in [9.17, 15) is 0 Å². The quantitative estimate of drug-likeness (QED) is 0.508. The average molecular weight is 283 g/mol. The SMILES string of the molecule is CC1=[C-]C(C)(C2C=Cc3ccccc32)C(C)=C1C.[Ti]. The van der Waals surface area contributed by atoms with E-state index in [1.807, 2.05) is 0 Å². The molecule has 19 heavy (non-hydrogen) atoms. The van der Waals surface area contributed by atoms with Gasteiger partial charge in [0.1, 0.15) is 0 Å². The summed E-state index contributed by atoms with van der Waals surface area (Å²) in [5.74, 6) is 0.432. The third-order valence-electron chi connectivity index (χ3n) is 4.77. The fourth-order valence-electron chi connectivity index (χ4n) is 3.31. The van der Waals surface area contributed by atoms with Crippen molar-refractivity contribution in [2.75, 3.05) is 0 Å². The Morgan fingerprint density at radius 2 is 1.79 bits per heavy atom. The van der Waals surface area contributed by atoms with Gasteiger partial charge in [-0.05, 0) is 17.0 Å². The van der Waals surface area contributed by atoms with Gasteiger partial charge in [-0.1, -0.05) is 62.6 Å². The van der Waals surface area contributed by atoms with E-state index >= 15 is 0 Å². The molecule has 0 aromatic heterocycles. The molecule has 0 aliphatic heterocycles. The summed E-state index contributed by atoms with van der Waals surface area (Å²) < 4.78 is 0. The van der Waals surface area contributed by atoms with Crippen LogP contribution in [-0.2, 0) is 21.7 Å². The predicted molar refractivity (Wildman–Crippen MR) is 77.1 cm³/mol. The summed E-state index contributed by atoms with van der Waals surface area (Å²) in [6.45, 7) is 8.97. The third kappa shape index (κ3) is 2.02. The zero-order valence-corrected chi connectivity index (χ0v) is 13.6. The second kappa shape index (κ2) is 4.92. The van der Waals surface area contributed by atoms with Crippen LogP contribution in [0.1, 0.15) is 44.7 Å². The Morgan fingerprint density at radius 1 is 1.11 bits per heavy atom. The molecule has 0 heterocycles. The maximum Gasteiger partial charge on any atom is 0 e. The van der Waals surface area contributed by atoms with Crippen LogP contribution in [0.25, 0.3) is 6.08 Å². The largest absolute Gasteiger partial charge is 0.262 e. The molecule has 0 bridgehead atoms. The molecule has 1 heteroatoms. The van der Waals surface area contributed by atoms with Crippen molar-refractivity contribution in [1.82, 2.24) is 0 Å². The predicted octanol–water partition coefficient (Wildman–Crippen LogP) is 4.90. The molecule has 0 fully saturated rings. The Labute approximate surface area is 131 Å². The average Bonchev–Trinajstić information content (AvgIpc) is 2.87. The van der Waals surface area contributed by atoms with Crippen LogP contribution < -0.4 is 0 Å². The molecular weight excluding hydrogens is 264 g/mol. The molecule has 0 saturated heterocycles. The minimum atomic E-state index is 0. The van der Waals surface area contributed by atoms with Crippen LogP contribution >= 0.6 is 0 Å². The van der Waals surface area contributed by atoms with E-state index in [1.54, 1.807) is 0 Å². The van der Waals surface area contributed by atoms with Crippen molar-refractivity contribution >= 4 is 6.08 Å².